The number of amides is 3. The highest BCUT2D eigenvalue weighted by atomic mass is 16.2. The standard InChI is InChI=1S/C24H27N3O3/c28-22-7-4-14-27(22)17-18-8-10-20(11-9-18)24(30)26-15-12-21(13-16-26)25-23(29)19-5-2-1-3-6-19/h1-3,5-6,8-11,21H,4,7,12-17H2,(H,25,29). The number of likely N-dealkylation sites (tertiary alicyclic amines) is 2. The van der Waals surface area contributed by atoms with Gasteiger partial charge in [0.15, 0.2) is 0 Å². The van der Waals surface area contributed by atoms with Crippen LogP contribution in [0.4, 0.5) is 0 Å². The molecule has 1 N–H and O–H groups in total. The number of hydrogen-bond donors (Lipinski definition) is 1. The van der Waals surface area contributed by atoms with Crippen molar-refractivity contribution < 1.29 is 14.4 Å². The molecule has 2 aromatic rings. The number of piperidine rings is 1. The molecule has 0 saturated carbocycles. The van der Waals surface area contributed by atoms with Gasteiger partial charge in [0.25, 0.3) is 11.8 Å². The third kappa shape index (κ3) is 4.70. The smallest absolute Gasteiger partial charge is 0.253 e. The zero-order chi connectivity index (χ0) is 20.9. The molecule has 2 fully saturated rings. The van der Waals surface area contributed by atoms with Crippen molar-refractivity contribution in [2.75, 3.05) is 19.6 Å². The Hall–Kier alpha value is -3.15. The number of rotatable bonds is 5. The number of hydrogen-bond acceptors (Lipinski definition) is 3. The molecule has 2 heterocycles. The van der Waals surface area contributed by atoms with Crippen LogP contribution in [0.3, 0.4) is 0 Å². The Kier molecular flexibility index (Phi) is 6.12. The largest absolute Gasteiger partial charge is 0.349 e. The molecule has 0 aliphatic carbocycles. The van der Waals surface area contributed by atoms with E-state index in [0.717, 1.165) is 31.4 Å². The molecule has 0 aromatic heterocycles. The summed E-state index contributed by atoms with van der Waals surface area (Å²) in [5.74, 6) is 0.163. The summed E-state index contributed by atoms with van der Waals surface area (Å²) in [6, 6.07) is 16.9. The predicted octanol–water partition coefficient (Wildman–Crippen LogP) is 2.84. The SMILES string of the molecule is O=C(NC1CCN(C(=O)c2ccc(CN3CCCC3=O)cc2)CC1)c1ccccc1. The van der Waals surface area contributed by atoms with Gasteiger partial charge in [0.1, 0.15) is 0 Å². The number of carbonyl (C=O) groups excluding carboxylic acids is 3. The summed E-state index contributed by atoms with van der Waals surface area (Å²) < 4.78 is 0. The molecular formula is C24H27N3O3. The summed E-state index contributed by atoms with van der Waals surface area (Å²) in [5, 5.41) is 3.07. The summed E-state index contributed by atoms with van der Waals surface area (Å²) in [6.07, 6.45) is 3.06. The highest BCUT2D eigenvalue weighted by Gasteiger charge is 2.25. The Morgan fingerprint density at radius 1 is 0.900 bits per heavy atom. The van der Waals surface area contributed by atoms with E-state index in [9.17, 15) is 14.4 Å². The Morgan fingerprint density at radius 2 is 1.60 bits per heavy atom. The van der Waals surface area contributed by atoms with Gasteiger partial charge in [0, 0.05) is 49.8 Å². The summed E-state index contributed by atoms with van der Waals surface area (Å²) in [5.41, 5.74) is 2.37. The zero-order valence-corrected chi connectivity index (χ0v) is 17.0. The molecule has 6 heteroatoms. The third-order valence-electron chi connectivity index (χ3n) is 5.90. The first-order chi connectivity index (χ1) is 14.6. The maximum Gasteiger partial charge on any atom is 0.253 e. The molecule has 30 heavy (non-hydrogen) atoms. The van der Waals surface area contributed by atoms with Gasteiger partial charge in [-0.1, -0.05) is 30.3 Å². The van der Waals surface area contributed by atoms with Crippen LogP contribution >= 0.6 is 0 Å². The fourth-order valence-electron chi connectivity index (χ4n) is 4.11. The second-order valence-corrected chi connectivity index (χ2v) is 8.02. The quantitative estimate of drug-likeness (QED) is 0.832. The first kappa shape index (κ1) is 20.1. The van der Waals surface area contributed by atoms with Crippen LogP contribution in [0, 0.1) is 0 Å². The van der Waals surface area contributed by atoms with E-state index in [1.54, 1.807) is 12.1 Å². The average molecular weight is 405 g/mol. The monoisotopic (exact) mass is 405 g/mol. The third-order valence-corrected chi connectivity index (χ3v) is 5.90. The number of nitrogens with one attached hydrogen (secondary N) is 1. The molecule has 6 nitrogen and oxygen atoms in total. The van der Waals surface area contributed by atoms with Crippen molar-refractivity contribution in [3.63, 3.8) is 0 Å². The van der Waals surface area contributed by atoms with Crippen LogP contribution in [-0.2, 0) is 11.3 Å². The van der Waals surface area contributed by atoms with E-state index in [-0.39, 0.29) is 23.8 Å². The minimum absolute atomic E-state index is 0.0200. The van der Waals surface area contributed by atoms with Gasteiger partial charge >= 0.3 is 0 Å². The average Bonchev–Trinajstić information content (AvgIpc) is 3.19. The van der Waals surface area contributed by atoms with Crippen molar-refractivity contribution in [3.05, 3.63) is 71.3 Å². The van der Waals surface area contributed by atoms with E-state index in [4.69, 9.17) is 0 Å². The normalized spacial score (nSPS) is 17.3. The van der Waals surface area contributed by atoms with Crippen molar-refractivity contribution in [1.82, 2.24) is 15.1 Å². The Labute approximate surface area is 176 Å². The van der Waals surface area contributed by atoms with Crippen molar-refractivity contribution in [1.29, 1.82) is 0 Å². The Balaban J connectivity index is 1.27. The molecule has 0 spiro atoms. The molecule has 0 unspecified atom stereocenters. The zero-order valence-electron chi connectivity index (χ0n) is 17.0. The molecule has 2 aliphatic rings. The summed E-state index contributed by atoms with van der Waals surface area (Å²) in [4.78, 5) is 40.6. The van der Waals surface area contributed by atoms with Gasteiger partial charge in [0.2, 0.25) is 5.91 Å². The van der Waals surface area contributed by atoms with Crippen LogP contribution in [0.15, 0.2) is 54.6 Å². The fourth-order valence-corrected chi connectivity index (χ4v) is 4.11. The van der Waals surface area contributed by atoms with E-state index in [2.05, 4.69) is 5.32 Å². The van der Waals surface area contributed by atoms with E-state index in [1.807, 2.05) is 52.3 Å². The lowest BCUT2D eigenvalue weighted by Gasteiger charge is -2.32. The fraction of sp³-hybridized carbons (Fsp3) is 0.375. The van der Waals surface area contributed by atoms with E-state index >= 15 is 0 Å². The van der Waals surface area contributed by atoms with E-state index < -0.39 is 0 Å². The minimum atomic E-state index is -0.0625. The van der Waals surface area contributed by atoms with Crippen LogP contribution in [0.2, 0.25) is 0 Å². The molecule has 2 aliphatic heterocycles. The highest BCUT2D eigenvalue weighted by molar-refractivity contribution is 5.95. The van der Waals surface area contributed by atoms with Gasteiger partial charge in [0.05, 0.1) is 0 Å². The molecule has 0 bridgehead atoms. The highest BCUT2D eigenvalue weighted by Crippen LogP contribution is 2.18. The van der Waals surface area contributed by atoms with Crippen molar-refractivity contribution in [2.24, 2.45) is 0 Å². The number of nitrogens with zero attached hydrogens (tertiary/aromatic N) is 2. The maximum atomic E-state index is 12.8. The van der Waals surface area contributed by atoms with Crippen molar-refractivity contribution >= 4 is 17.7 Å². The lowest BCUT2D eigenvalue weighted by Crippen LogP contribution is -2.46. The van der Waals surface area contributed by atoms with Gasteiger partial charge in [-0.25, -0.2) is 0 Å². The number of carbonyl (C=O) groups is 3. The summed E-state index contributed by atoms with van der Waals surface area (Å²) >= 11 is 0. The molecule has 2 aromatic carbocycles. The number of benzene rings is 2. The van der Waals surface area contributed by atoms with Gasteiger partial charge in [-0.3, -0.25) is 14.4 Å². The van der Waals surface area contributed by atoms with E-state index in [1.165, 1.54) is 0 Å². The molecule has 0 atom stereocenters. The molecular weight excluding hydrogens is 378 g/mol. The van der Waals surface area contributed by atoms with Crippen LogP contribution in [0.1, 0.15) is 52.0 Å². The van der Waals surface area contributed by atoms with Gasteiger partial charge in [-0.05, 0) is 49.1 Å². The van der Waals surface area contributed by atoms with Gasteiger partial charge < -0.3 is 15.1 Å². The Bertz CT molecular complexity index is 903. The van der Waals surface area contributed by atoms with Crippen LogP contribution in [-0.4, -0.2) is 53.2 Å². The molecule has 3 amide bonds. The van der Waals surface area contributed by atoms with Gasteiger partial charge in [-0.2, -0.15) is 0 Å². The predicted molar refractivity (Wildman–Crippen MR) is 114 cm³/mol. The van der Waals surface area contributed by atoms with E-state index in [0.29, 0.717) is 37.2 Å². The van der Waals surface area contributed by atoms with Crippen LogP contribution in [0.25, 0.3) is 0 Å². The van der Waals surface area contributed by atoms with Crippen LogP contribution in [0.5, 0.6) is 0 Å². The first-order valence-corrected chi connectivity index (χ1v) is 10.6. The Morgan fingerprint density at radius 3 is 2.23 bits per heavy atom. The van der Waals surface area contributed by atoms with Crippen molar-refractivity contribution in [2.45, 2.75) is 38.3 Å². The summed E-state index contributed by atoms with van der Waals surface area (Å²) in [6.45, 7) is 2.68. The second-order valence-electron chi connectivity index (χ2n) is 8.02. The van der Waals surface area contributed by atoms with Crippen LogP contribution < -0.4 is 5.32 Å². The molecule has 156 valence electrons. The lowest BCUT2D eigenvalue weighted by molar-refractivity contribution is -0.128. The second kappa shape index (κ2) is 9.11. The topological polar surface area (TPSA) is 69.7 Å². The first-order valence-electron chi connectivity index (χ1n) is 10.6. The molecule has 2 saturated heterocycles. The van der Waals surface area contributed by atoms with Crippen molar-refractivity contribution in [3.8, 4) is 0 Å². The minimum Gasteiger partial charge on any atom is -0.349 e. The molecule has 4 rings (SSSR count). The summed E-state index contributed by atoms with van der Waals surface area (Å²) in [7, 11) is 0. The van der Waals surface area contributed by atoms with Gasteiger partial charge in [-0.15, -0.1) is 0 Å². The maximum absolute atomic E-state index is 12.8. The lowest BCUT2D eigenvalue weighted by atomic mass is 10.0. The molecule has 0 radical (unpaired) electrons.